The van der Waals surface area contributed by atoms with Crippen LogP contribution in [0.3, 0.4) is 0 Å². The van der Waals surface area contributed by atoms with Gasteiger partial charge in [-0.2, -0.15) is 4.98 Å². The van der Waals surface area contributed by atoms with Gasteiger partial charge in [0.05, 0.1) is 18.0 Å². The third-order valence-corrected chi connectivity index (χ3v) is 4.71. The second-order valence-corrected chi connectivity index (χ2v) is 7.65. The fourth-order valence-corrected chi connectivity index (χ4v) is 3.40. The van der Waals surface area contributed by atoms with E-state index in [9.17, 15) is 9.90 Å². The first kappa shape index (κ1) is 18.4. The molecule has 1 aromatic heterocycles. The number of hydrogen-bond donors (Lipinski definition) is 2. The van der Waals surface area contributed by atoms with Gasteiger partial charge in [0.1, 0.15) is 5.75 Å². The van der Waals surface area contributed by atoms with E-state index in [-0.39, 0.29) is 17.6 Å². The monoisotopic (exact) mass is 358 g/mol. The average Bonchev–Trinajstić information content (AvgIpc) is 3.03. The van der Waals surface area contributed by atoms with E-state index >= 15 is 0 Å². The molecular formula is C19H26N4O3. The van der Waals surface area contributed by atoms with Crippen molar-refractivity contribution in [3.8, 4) is 5.75 Å². The number of aromatic nitrogens is 2. The van der Waals surface area contributed by atoms with Crippen molar-refractivity contribution in [2.24, 2.45) is 0 Å². The van der Waals surface area contributed by atoms with Crippen molar-refractivity contribution in [3.63, 3.8) is 0 Å². The predicted octanol–water partition coefficient (Wildman–Crippen LogP) is 2.31. The molecule has 0 bridgehead atoms. The van der Waals surface area contributed by atoms with Gasteiger partial charge in [0.25, 0.3) is 0 Å². The number of hydrogen-bond acceptors (Lipinski definition) is 6. The molecule has 1 atom stereocenters. The molecule has 3 rings (SSSR count). The molecule has 1 aromatic carbocycles. The van der Waals surface area contributed by atoms with E-state index in [1.54, 1.807) is 12.1 Å². The lowest BCUT2D eigenvalue weighted by Gasteiger charge is -2.29. The summed E-state index contributed by atoms with van der Waals surface area (Å²) in [6.07, 6.45) is 2.43. The molecule has 0 aliphatic heterocycles. The van der Waals surface area contributed by atoms with Gasteiger partial charge in [-0.3, -0.25) is 4.79 Å². The maximum absolute atomic E-state index is 13.0. The minimum absolute atomic E-state index is 0.0829. The van der Waals surface area contributed by atoms with Crippen LogP contribution in [-0.4, -0.2) is 40.1 Å². The minimum atomic E-state index is -0.750. The topological polar surface area (TPSA) is 91.5 Å². The molecule has 0 radical (unpaired) electrons. The van der Waals surface area contributed by atoms with Crippen molar-refractivity contribution in [1.82, 2.24) is 20.4 Å². The molecule has 2 aromatic rings. The summed E-state index contributed by atoms with van der Waals surface area (Å²) in [6.45, 7) is 4.27. The van der Waals surface area contributed by atoms with E-state index in [0.717, 1.165) is 30.4 Å². The molecule has 0 saturated carbocycles. The first-order chi connectivity index (χ1) is 12.3. The Bertz CT molecular complexity index is 798. The van der Waals surface area contributed by atoms with E-state index in [4.69, 9.17) is 4.52 Å². The van der Waals surface area contributed by atoms with Crippen molar-refractivity contribution < 1.29 is 14.4 Å². The number of fused-ring (bicyclic) bond motifs is 1. The molecule has 0 unspecified atom stereocenters. The van der Waals surface area contributed by atoms with Gasteiger partial charge in [0.15, 0.2) is 5.82 Å². The predicted molar refractivity (Wildman–Crippen MR) is 96.6 cm³/mol. The van der Waals surface area contributed by atoms with Crippen molar-refractivity contribution >= 4 is 5.91 Å². The Labute approximate surface area is 153 Å². The van der Waals surface area contributed by atoms with Crippen LogP contribution < -0.4 is 5.32 Å². The quantitative estimate of drug-likeness (QED) is 0.852. The second-order valence-electron chi connectivity index (χ2n) is 7.65. The molecule has 2 N–H and O–H groups in total. The molecular weight excluding hydrogens is 332 g/mol. The largest absolute Gasteiger partial charge is 0.508 e. The fraction of sp³-hybridized carbons (Fsp3) is 0.526. The first-order valence-electron chi connectivity index (χ1n) is 8.88. The number of rotatable bonds is 5. The number of aromatic hydroxyl groups is 1. The minimum Gasteiger partial charge on any atom is -0.508 e. The zero-order valence-corrected chi connectivity index (χ0v) is 15.7. The van der Waals surface area contributed by atoms with Crippen LogP contribution in [0.1, 0.15) is 55.4 Å². The molecule has 0 fully saturated rings. The third-order valence-electron chi connectivity index (χ3n) is 4.71. The van der Waals surface area contributed by atoms with Crippen LogP contribution in [0.25, 0.3) is 0 Å². The summed E-state index contributed by atoms with van der Waals surface area (Å²) >= 11 is 0. The van der Waals surface area contributed by atoms with Gasteiger partial charge in [-0.25, -0.2) is 0 Å². The van der Waals surface area contributed by atoms with Gasteiger partial charge >= 0.3 is 0 Å². The number of phenols is 1. The van der Waals surface area contributed by atoms with Gasteiger partial charge in [0, 0.05) is 0 Å². The highest BCUT2D eigenvalue weighted by molar-refractivity contribution is 5.85. The van der Waals surface area contributed by atoms with E-state index in [0.29, 0.717) is 18.3 Å². The van der Waals surface area contributed by atoms with E-state index < -0.39 is 5.54 Å². The lowest BCUT2D eigenvalue weighted by Crippen LogP contribution is -2.44. The number of carbonyl (C=O) groups is 1. The molecule has 26 heavy (non-hydrogen) atoms. The van der Waals surface area contributed by atoms with Crippen LogP contribution in [0.15, 0.2) is 22.7 Å². The van der Waals surface area contributed by atoms with Crippen molar-refractivity contribution in [3.05, 3.63) is 41.0 Å². The molecule has 1 amide bonds. The standard InChI is InChI=1S/C19H26N4O3/c1-19(2,18-20-16(26-22-18)11-23(3)4)21-17(25)14-9-5-8-13-12(14)7-6-10-15(13)24/h6-7,10,14,24H,5,8-9,11H2,1-4H3,(H,21,25)/t14-/m1/s1. The lowest BCUT2D eigenvalue weighted by atomic mass is 9.81. The summed E-state index contributed by atoms with van der Waals surface area (Å²) in [5.41, 5.74) is 1.04. The number of benzene rings is 1. The van der Waals surface area contributed by atoms with Crippen molar-refractivity contribution in [2.45, 2.75) is 51.1 Å². The van der Waals surface area contributed by atoms with Crippen molar-refractivity contribution in [1.29, 1.82) is 0 Å². The summed E-state index contributed by atoms with van der Waals surface area (Å²) < 4.78 is 5.27. The van der Waals surface area contributed by atoms with Crippen LogP contribution in [0, 0.1) is 0 Å². The third kappa shape index (κ3) is 3.72. The molecule has 7 heteroatoms. The highest BCUT2D eigenvalue weighted by Gasteiger charge is 2.34. The van der Waals surface area contributed by atoms with Crippen LogP contribution in [0.5, 0.6) is 5.75 Å². The highest BCUT2D eigenvalue weighted by atomic mass is 16.5. The van der Waals surface area contributed by atoms with Crippen LogP contribution in [0.2, 0.25) is 0 Å². The maximum atomic E-state index is 13.0. The summed E-state index contributed by atoms with van der Waals surface area (Å²) in [4.78, 5) is 19.3. The van der Waals surface area contributed by atoms with Gasteiger partial charge < -0.3 is 19.8 Å². The maximum Gasteiger partial charge on any atom is 0.240 e. The van der Waals surface area contributed by atoms with Gasteiger partial charge in [-0.15, -0.1) is 0 Å². The van der Waals surface area contributed by atoms with Crippen LogP contribution in [-0.2, 0) is 23.3 Å². The molecule has 1 aliphatic carbocycles. The summed E-state index contributed by atoms with van der Waals surface area (Å²) in [6, 6.07) is 5.39. The molecule has 140 valence electrons. The Hall–Kier alpha value is -2.41. The van der Waals surface area contributed by atoms with Gasteiger partial charge in [0.2, 0.25) is 11.8 Å². The normalized spacial score (nSPS) is 17.2. The Morgan fingerprint density at radius 2 is 2.19 bits per heavy atom. The van der Waals surface area contributed by atoms with Gasteiger partial charge in [-0.05, 0) is 64.4 Å². The van der Waals surface area contributed by atoms with Crippen LogP contribution >= 0.6 is 0 Å². The Morgan fingerprint density at radius 1 is 1.42 bits per heavy atom. The zero-order chi connectivity index (χ0) is 18.9. The van der Waals surface area contributed by atoms with Crippen LogP contribution in [0.4, 0.5) is 0 Å². The van der Waals surface area contributed by atoms with Gasteiger partial charge in [-0.1, -0.05) is 17.3 Å². The van der Waals surface area contributed by atoms with E-state index in [1.165, 1.54) is 0 Å². The molecule has 0 spiro atoms. The summed E-state index contributed by atoms with van der Waals surface area (Å²) in [5.74, 6) is 0.874. The number of nitrogens with zero attached hydrogens (tertiary/aromatic N) is 3. The smallest absolute Gasteiger partial charge is 0.240 e. The second kappa shape index (κ2) is 7.07. The Balaban J connectivity index is 1.77. The highest BCUT2D eigenvalue weighted by Crippen LogP contribution is 2.36. The van der Waals surface area contributed by atoms with E-state index in [2.05, 4.69) is 15.5 Å². The Morgan fingerprint density at radius 3 is 2.92 bits per heavy atom. The number of amides is 1. The molecule has 1 heterocycles. The summed E-state index contributed by atoms with van der Waals surface area (Å²) in [7, 11) is 3.85. The fourth-order valence-electron chi connectivity index (χ4n) is 3.40. The molecule has 7 nitrogen and oxygen atoms in total. The first-order valence-corrected chi connectivity index (χ1v) is 8.88. The summed E-state index contributed by atoms with van der Waals surface area (Å²) in [5, 5.41) is 17.2. The SMILES string of the molecule is CN(C)Cc1nc(C(C)(C)NC(=O)[C@@H]2CCCc3c(O)cccc32)no1. The zero-order valence-electron chi connectivity index (χ0n) is 15.7. The Kier molecular flexibility index (Phi) is 5.00. The molecule has 0 saturated heterocycles. The van der Waals surface area contributed by atoms with E-state index in [1.807, 2.05) is 38.9 Å². The average molecular weight is 358 g/mol. The molecule has 1 aliphatic rings. The lowest BCUT2D eigenvalue weighted by molar-refractivity contribution is -0.124. The number of phenolic OH excluding ortho intramolecular Hbond substituents is 1. The number of nitrogens with one attached hydrogen (secondary N) is 1. The number of carbonyl (C=O) groups excluding carboxylic acids is 1. The van der Waals surface area contributed by atoms with Crippen molar-refractivity contribution in [2.75, 3.05) is 14.1 Å².